The van der Waals surface area contributed by atoms with Gasteiger partial charge >= 0.3 is 0 Å². The van der Waals surface area contributed by atoms with Crippen molar-refractivity contribution < 1.29 is 23.5 Å². The summed E-state index contributed by atoms with van der Waals surface area (Å²) in [4.78, 5) is 44.2. The Morgan fingerprint density at radius 1 is 0.906 bits per heavy atom. The van der Waals surface area contributed by atoms with Crippen molar-refractivity contribution in [2.75, 3.05) is 40.4 Å². The second-order valence-electron chi connectivity index (χ2n) is 7.28. The van der Waals surface area contributed by atoms with Gasteiger partial charge < -0.3 is 28.7 Å². The standard InChI is InChI=1S/C23H23N3O6/c1-30-16-12-15(13-17(14-16)31-2)22(28)25-7-9-26(10-8-25)23(29)18-5-6-19(24-21(18)27)20-4-3-11-32-20/h3-6,11-14H,7-10H2,1-2H3,(H,24,27). The number of methoxy groups -OCH3 is 2. The van der Waals surface area contributed by atoms with E-state index >= 15 is 0 Å². The smallest absolute Gasteiger partial charge is 0.261 e. The molecule has 1 saturated heterocycles. The third-order valence-electron chi connectivity index (χ3n) is 5.38. The first-order valence-electron chi connectivity index (χ1n) is 10.1. The minimum absolute atomic E-state index is 0.0533. The normalized spacial score (nSPS) is 13.7. The number of furan rings is 1. The fourth-order valence-corrected chi connectivity index (χ4v) is 3.61. The lowest BCUT2D eigenvalue weighted by Crippen LogP contribution is -2.51. The molecule has 1 fully saturated rings. The van der Waals surface area contributed by atoms with Crippen LogP contribution in [0.1, 0.15) is 20.7 Å². The maximum absolute atomic E-state index is 12.9. The summed E-state index contributed by atoms with van der Waals surface area (Å²) in [5.41, 5.74) is 0.523. The molecule has 2 amide bonds. The number of H-pyrrole nitrogens is 1. The second kappa shape index (κ2) is 9.01. The van der Waals surface area contributed by atoms with Gasteiger partial charge in [0.1, 0.15) is 22.8 Å². The first kappa shape index (κ1) is 21.2. The Morgan fingerprint density at radius 3 is 2.06 bits per heavy atom. The van der Waals surface area contributed by atoms with Crippen LogP contribution in [0, 0.1) is 0 Å². The molecule has 32 heavy (non-hydrogen) atoms. The molecule has 0 bridgehead atoms. The molecule has 0 saturated carbocycles. The van der Waals surface area contributed by atoms with Crippen LogP contribution < -0.4 is 15.0 Å². The van der Waals surface area contributed by atoms with Crippen molar-refractivity contribution in [3.8, 4) is 23.0 Å². The Labute approximate surface area is 184 Å². The molecule has 0 aliphatic carbocycles. The number of carbonyl (C=O) groups is 2. The Kier molecular flexibility index (Phi) is 5.98. The van der Waals surface area contributed by atoms with Gasteiger partial charge in [0, 0.05) is 37.8 Å². The summed E-state index contributed by atoms with van der Waals surface area (Å²) in [5, 5.41) is 0. The molecule has 3 aromatic rings. The van der Waals surface area contributed by atoms with Gasteiger partial charge in [0.05, 0.1) is 26.2 Å². The quantitative estimate of drug-likeness (QED) is 0.657. The second-order valence-corrected chi connectivity index (χ2v) is 7.28. The minimum Gasteiger partial charge on any atom is -0.497 e. The molecule has 1 aromatic carbocycles. The number of carbonyl (C=O) groups excluding carboxylic acids is 2. The minimum atomic E-state index is -0.481. The highest BCUT2D eigenvalue weighted by Gasteiger charge is 2.27. The lowest BCUT2D eigenvalue weighted by atomic mass is 10.1. The summed E-state index contributed by atoms with van der Waals surface area (Å²) >= 11 is 0. The lowest BCUT2D eigenvalue weighted by Gasteiger charge is -2.34. The Morgan fingerprint density at radius 2 is 1.53 bits per heavy atom. The van der Waals surface area contributed by atoms with Crippen molar-refractivity contribution in [1.29, 1.82) is 0 Å². The van der Waals surface area contributed by atoms with Crippen LogP contribution in [0.3, 0.4) is 0 Å². The number of rotatable bonds is 5. The topological polar surface area (TPSA) is 105 Å². The summed E-state index contributed by atoms with van der Waals surface area (Å²) < 4.78 is 15.7. The van der Waals surface area contributed by atoms with Crippen LogP contribution >= 0.6 is 0 Å². The number of piperazine rings is 1. The van der Waals surface area contributed by atoms with Crippen LogP contribution in [0.4, 0.5) is 0 Å². The summed E-state index contributed by atoms with van der Waals surface area (Å²) in [5.74, 6) is 1.03. The first-order chi connectivity index (χ1) is 15.5. The average molecular weight is 437 g/mol. The average Bonchev–Trinajstić information content (AvgIpc) is 3.38. The van der Waals surface area contributed by atoms with Gasteiger partial charge in [-0.1, -0.05) is 0 Å². The monoisotopic (exact) mass is 437 g/mol. The number of amides is 2. The van der Waals surface area contributed by atoms with Gasteiger partial charge in [0.2, 0.25) is 0 Å². The molecular weight excluding hydrogens is 414 g/mol. The number of nitrogens with zero attached hydrogens (tertiary/aromatic N) is 2. The van der Waals surface area contributed by atoms with Crippen molar-refractivity contribution in [2.24, 2.45) is 0 Å². The third-order valence-corrected chi connectivity index (χ3v) is 5.38. The van der Waals surface area contributed by atoms with E-state index in [2.05, 4.69) is 4.98 Å². The predicted octanol–water partition coefficient (Wildman–Crippen LogP) is 2.25. The van der Waals surface area contributed by atoms with Gasteiger partial charge in [-0.2, -0.15) is 0 Å². The molecule has 9 heteroatoms. The summed E-state index contributed by atoms with van der Waals surface area (Å²) in [6.45, 7) is 1.36. The van der Waals surface area contributed by atoms with Crippen molar-refractivity contribution in [3.63, 3.8) is 0 Å². The van der Waals surface area contributed by atoms with Crippen molar-refractivity contribution in [3.05, 3.63) is 70.2 Å². The summed E-state index contributed by atoms with van der Waals surface area (Å²) in [6, 6.07) is 11.6. The number of aromatic nitrogens is 1. The predicted molar refractivity (Wildman–Crippen MR) is 116 cm³/mol. The maximum atomic E-state index is 12.9. The van der Waals surface area contributed by atoms with Crippen LogP contribution in [0.25, 0.3) is 11.5 Å². The SMILES string of the molecule is COc1cc(OC)cc(C(=O)N2CCN(C(=O)c3ccc(-c4ccco4)[nH]c3=O)CC2)c1. The van der Waals surface area contributed by atoms with E-state index in [-0.39, 0.29) is 17.4 Å². The highest BCUT2D eigenvalue weighted by Crippen LogP contribution is 2.24. The molecule has 0 atom stereocenters. The number of hydrogen-bond donors (Lipinski definition) is 1. The van der Waals surface area contributed by atoms with Crippen LogP contribution in [-0.2, 0) is 0 Å². The van der Waals surface area contributed by atoms with E-state index in [1.807, 2.05) is 0 Å². The van der Waals surface area contributed by atoms with Gasteiger partial charge in [-0.3, -0.25) is 14.4 Å². The van der Waals surface area contributed by atoms with Gasteiger partial charge in [-0.15, -0.1) is 0 Å². The van der Waals surface area contributed by atoms with Crippen molar-refractivity contribution in [2.45, 2.75) is 0 Å². The zero-order chi connectivity index (χ0) is 22.7. The van der Waals surface area contributed by atoms with E-state index in [0.717, 1.165) is 0 Å². The number of nitrogens with one attached hydrogen (secondary N) is 1. The molecule has 2 aromatic heterocycles. The fourth-order valence-electron chi connectivity index (χ4n) is 3.61. The molecule has 0 radical (unpaired) electrons. The van der Waals surface area contributed by atoms with E-state index in [0.29, 0.717) is 54.7 Å². The molecule has 3 heterocycles. The fraction of sp³-hybridized carbons (Fsp3) is 0.261. The van der Waals surface area contributed by atoms with Crippen LogP contribution in [0.5, 0.6) is 11.5 Å². The molecule has 4 rings (SSSR count). The molecule has 9 nitrogen and oxygen atoms in total. The number of hydrogen-bond acceptors (Lipinski definition) is 6. The third kappa shape index (κ3) is 4.22. The van der Waals surface area contributed by atoms with Crippen molar-refractivity contribution in [1.82, 2.24) is 14.8 Å². The molecule has 1 N–H and O–H groups in total. The molecule has 166 valence electrons. The molecule has 1 aliphatic heterocycles. The number of ether oxygens (including phenoxy) is 2. The Bertz CT molecular complexity index is 1150. The van der Waals surface area contributed by atoms with Crippen LogP contribution in [0.2, 0.25) is 0 Å². The zero-order valence-electron chi connectivity index (χ0n) is 17.8. The zero-order valence-corrected chi connectivity index (χ0v) is 17.8. The number of benzene rings is 1. The highest BCUT2D eigenvalue weighted by molar-refractivity contribution is 5.96. The lowest BCUT2D eigenvalue weighted by molar-refractivity contribution is 0.0534. The van der Waals surface area contributed by atoms with E-state index in [1.165, 1.54) is 26.5 Å². The largest absolute Gasteiger partial charge is 0.497 e. The van der Waals surface area contributed by atoms with Crippen molar-refractivity contribution >= 4 is 11.8 Å². The van der Waals surface area contributed by atoms with E-state index in [9.17, 15) is 14.4 Å². The van der Waals surface area contributed by atoms with Crippen LogP contribution in [-0.4, -0.2) is 67.0 Å². The van der Waals surface area contributed by atoms with E-state index in [1.54, 1.807) is 46.2 Å². The van der Waals surface area contributed by atoms with Gasteiger partial charge in [0.15, 0.2) is 0 Å². The maximum Gasteiger partial charge on any atom is 0.261 e. The first-order valence-corrected chi connectivity index (χ1v) is 10.1. The van der Waals surface area contributed by atoms with Gasteiger partial charge in [-0.05, 0) is 36.4 Å². The summed E-state index contributed by atoms with van der Waals surface area (Å²) in [6.07, 6.45) is 1.51. The molecule has 0 unspecified atom stereocenters. The molecule has 1 aliphatic rings. The highest BCUT2D eigenvalue weighted by atomic mass is 16.5. The van der Waals surface area contributed by atoms with E-state index < -0.39 is 5.56 Å². The Hall–Kier alpha value is -4.01. The molecular formula is C23H23N3O6. The Balaban J connectivity index is 1.43. The van der Waals surface area contributed by atoms with Gasteiger partial charge in [-0.25, -0.2) is 0 Å². The van der Waals surface area contributed by atoms with E-state index in [4.69, 9.17) is 13.9 Å². The summed E-state index contributed by atoms with van der Waals surface area (Å²) in [7, 11) is 3.05. The van der Waals surface area contributed by atoms with Crippen LogP contribution in [0.15, 0.2) is 57.9 Å². The number of aromatic amines is 1. The number of pyridine rings is 1. The molecule has 0 spiro atoms. The van der Waals surface area contributed by atoms with Gasteiger partial charge in [0.25, 0.3) is 17.4 Å².